The van der Waals surface area contributed by atoms with Gasteiger partial charge < -0.3 is 30.8 Å². The molecule has 1 heterocycles. The minimum Gasteiger partial charge on any atom is -0.510 e. The quantitative estimate of drug-likeness (QED) is 0.0707. The van der Waals surface area contributed by atoms with Crippen molar-refractivity contribution in [1.29, 1.82) is 0 Å². The summed E-state index contributed by atoms with van der Waals surface area (Å²) in [5.74, 6) is -7.17. The highest BCUT2D eigenvalue weighted by atomic mass is 32.3. The van der Waals surface area contributed by atoms with Crippen molar-refractivity contribution >= 4 is 27.9 Å². The molecule has 0 bridgehead atoms. The zero-order chi connectivity index (χ0) is 40.7. The van der Waals surface area contributed by atoms with Gasteiger partial charge in [0.1, 0.15) is 22.8 Å². The van der Waals surface area contributed by atoms with E-state index in [2.05, 4.69) is 16.4 Å². The lowest BCUT2D eigenvalue weighted by atomic mass is 9.55. The van der Waals surface area contributed by atoms with E-state index in [-0.39, 0.29) is 30.8 Å². The summed E-state index contributed by atoms with van der Waals surface area (Å²) in [6.07, 6.45) is 13.6. The summed E-state index contributed by atoms with van der Waals surface area (Å²) in [5.41, 5.74) is -5.65. The molecule has 0 aromatic heterocycles. The molecule has 1 amide bonds. The predicted molar refractivity (Wildman–Crippen MR) is 204 cm³/mol. The van der Waals surface area contributed by atoms with Crippen LogP contribution in [0.3, 0.4) is 0 Å². The number of carbonyl (C=O) groups excluding carboxylic acids is 3. The normalized spacial score (nSPS) is 26.7. The van der Waals surface area contributed by atoms with Crippen LogP contribution in [0.5, 0.6) is 5.75 Å². The van der Waals surface area contributed by atoms with Gasteiger partial charge in [0.2, 0.25) is 5.78 Å². The molecule has 5 rings (SSSR count). The number of hydrogen-bond donors (Lipinski definition) is 7. The minimum absolute atomic E-state index is 0.0926. The third-order valence-electron chi connectivity index (χ3n) is 11.4. The second-order valence-corrected chi connectivity index (χ2v) is 16.6. The van der Waals surface area contributed by atoms with E-state index in [4.69, 9.17) is 4.55 Å². The highest BCUT2D eigenvalue weighted by Crippen LogP contribution is 2.56. The van der Waals surface area contributed by atoms with E-state index < -0.39 is 85.4 Å². The van der Waals surface area contributed by atoms with Crippen molar-refractivity contribution in [3.8, 4) is 5.75 Å². The van der Waals surface area contributed by atoms with E-state index in [0.29, 0.717) is 6.42 Å². The van der Waals surface area contributed by atoms with Gasteiger partial charge in [-0.25, -0.2) is 4.18 Å². The van der Waals surface area contributed by atoms with Crippen LogP contribution in [0.1, 0.15) is 113 Å². The van der Waals surface area contributed by atoms with Crippen LogP contribution < -0.4 is 5.32 Å². The molecule has 1 aliphatic heterocycles. The lowest BCUT2D eigenvalue weighted by molar-refractivity contribution is -0.152. The summed E-state index contributed by atoms with van der Waals surface area (Å²) in [6, 6.07) is 3.16. The second kappa shape index (κ2) is 18.7. The van der Waals surface area contributed by atoms with Gasteiger partial charge in [-0.05, 0) is 71.4 Å². The fourth-order valence-corrected chi connectivity index (χ4v) is 8.78. The van der Waals surface area contributed by atoms with Crippen molar-refractivity contribution in [3.05, 3.63) is 52.0 Å². The number of benzene rings is 1. The number of phenols is 1. The predicted octanol–water partition coefficient (Wildman–Crippen LogP) is 4.20. The number of nitrogens with zero attached hydrogens (tertiary/aromatic N) is 2. The van der Waals surface area contributed by atoms with Gasteiger partial charge in [0, 0.05) is 17.4 Å². The summed E-state index contributed by atoms with van der Waals surface area (Å²) < 4.78 is 33.0. The molecule has 1 aromatic rings. The maximum Gasteiger partial charge on any atom is 0.397 e. The van der Waals surface area contributed by atoms with Gasteiger partial charge in [-0.1, -0.05) is 76.8 Å². The van der Waals surface area contributed by atoms with Gasteiger partial charge in [-0.3, -0.25) is 28.7 Å². The Labute approximate surface area is 324 Å². The molecule has 7 N–H and O–H groups in total. The van der Waals surface area contributed by atoms with Crippen molar-refractivity contribution in [3.63, 3.8) is 0 Å². The van der Waals surface area contributed by atoms with Crippen LogP contribution in [-0.4, -0.2) is 118 Å². The van der Waals surface area contributed by atoms with Gasteiger partial charge in [0.25, 0.3) is 5.91 Å². The molecule has 3 aliphatic carbocycles. The first kappa shape index (κ1) is 44.3. The summed E-state index contributed by atoms with van der Waals surface area (Å²) in [4.78, 5) is 44.0. The third kappa shape index (κ3) is 9.78. The number of rotatable bonds is 16. The summed E-state index contributed by atoms with van der Waals surface area (Å²) in [5, 5.41) is 59.2. The van der Waals surface area contributed by atoms with Crippen LogP contribution in [0.25, 0.3) is 0 Å². The van der Waals surface area contributed by atoms with Crippen LogP contribution >= 0.6 is 0 Å². The number of carbonyl (C=O) groups is 3. The molecule has 1 saturated heterocycles. The molecule has 0 saturated carbocycles. The molecule has 4 aliphatic rings. The smallest absolute Gasteiger partial charge is 0.397 e. The summed E-state index contributed by atoms with van der Waals surface area (Å²) in [6.45, 7) is 5.43. The number of aromatic hydroxyl groups is 1. The number of Topliss-reactive ketones (excluding diaryl/α,β-unsaturated/α-hetero) is 2. The Morgan fingerprint density at radius 2 is 1.55 bits per heavy atom. The highest BCUT2D eigenvalue weighted by molar-refractivity contribution is 7.80. The molecular weight excluding hydrogens is 735 g/mol. The zero-order valence-electron chi connectivity index (χ0n) is 32.4. The van der Waals surface area contributed by atoms with E-state index in [9.17, 15) is 48.3 Å². The average molecular weight is 794 g/mol. The summed E-state index contributed by atoms with van der Waals surface area (Å²) in [7, 11) is -1.06. The second-order valence-electron chi connectivity index (χ2n) is 15.5. The van der Waals surface area contributed by atoms with Gasteiger partial charge in [0.15, 0.2) is 11.4 Å². The Bertz CT molecular complexity index is 1730. The van der Waals surface area contributed by atoms with Gasteiger partial charge in [-0.15, -0.1) is 0 Å². The molecule has 16 heteroatoms. The van der Waals surface area contributed by atoms with Crippen LogP contribution in [-0.2, 0) is 29.8 Å². The Morgan fingerprint density at radius 1 is 0.964 bits per heavy atom. The highest BCUT2D eigenvalue weighted by Gasteiger charge is 2.65. The molecule has 5 atom stereocenters. The third-order valence-corrected chi connectivity index (χ3v) is 11.9. The van der Waals surface area contributed by atoms with Crippen LogP contribution in [0.2, 0.25) is 0 Å². The van der Waals surface area contributed by atoms with Crippen LogP contribution in [0.4, 0.5) is 0 Å². The Morgan fingerprint density at radius 3 is 2.11 bits per heavy atom. The Balaban J connectivity index is 0.000000335. The van der Waals surface area contributed by atoms with Crippen molar-refractivity contribution < 1.29 is 57.1 Å². The first-order chi connectivity index (χ1) is 25.9. The number of aliphatic hydroxyl groups is 4. The van der Waals surface area contributed by atoms with Crippen molar-refractivity contribution in [1.82, 2.24) is 15.1 Å². The number of phenolic OH excluding ortho intramolecular Hbond substituents is 1. The van der Waals surface area contributed by atoms with E-state index in [1.165, 1.54) is 75.0 Å². The molecule has 1 aromatic carbocycles. The van der Waals surface area contributed by atoms with Crippen molar-refractivity contribution in [2.75, 3.05) is 40.5 Å². The number of ketones is 2. The number of hydrogen-bond acceptors (Lipinski definition) is 13. The molecule has 0 unspecified atom stereocenters. The first-order valence-corrected chi connectivity index (χ1v) is 20.8. The Kier molecular flexibility index (Phi) is 15.1. The van der Waals surface area contributed by atoms with Crippen molar-refractivity contribution in [2.45, 2.75) is 115 Å². The van der Waals surface area contributed by atoms with Gasteiger partial charge >= 0.3 is 10.4 Å². The number of amides is 1. The van der Waals surface area contributed by atoms with Gasteiger partial charge in [0.05, 0.1) is 30.5 Å². The Hall–Kier alpha value is -3.38. The average Bonchev–Trinajstić information content (AvgIpc) is 3.64. The summed E-state index contributed by atoms with van der Waals surface area (Å²) >= 11 is 0. The van der Waals surface area contributed by atoms with E-state index >= 15 is 0 Å². The molecular formula is C39H59N3O12S. The molecule has 55 heavy (non-hydrogen) atoms. The monoisotopic (exact) mass is 793 g/mol. The van der Waals surface area contributed by atoms with Gasteiger partial charge in [-0.2, -0.15) is 8.42 Å². The minimum atomic E-state index is -4.23. The van der Waals surface area contributed by atoms with E-state index in [1.807, 2.05) is 4.90 Å². The molecule has 1 fully saturated rings. The molecule has 0 spiro atoms. The van der Waals surface area contributed by atoms with Crippen LogP contribution in [0, 0.1) is 11.8 Å². The molecule has 0 radical (unpaired) electrons. The number of fused-ring (bicyclic) bond motifs is 3. The number of nitrogens with one attached hydrogen (secondary N) is 1. The van der Waals surface area contributed by atoms with E-state index in [1.54, 1.807) is 14.1 Å². The fraction of sp³-hybridized carbons (Fsp3) is 0.667. The largest absolute Gasteiger partial charge is 0.510 e. The lowest BCUT2D eigenvalue weighted by Crippen LogP contribution is -2.65. The molecule has 15 nitrogen and oxygen atoms in total. The van der Waals surface area contributed by atoms with E-state index in [0.717, 1.165) is 38.8 Å². The number of unbranched alkanes of at least 4 members (excludes halogenated alkanes) is 9. The van der Waals surface area contributed by atoms with Crippen molar-refractivity contribution in [2.24, 2.45) is 11.8 Å². The number of aliphatic hydroxyl groups excluding tert-OH is 2. The topological polar surface area (TPSA) is 234 Å². The maximum atomic E-state index is 13.8. The standard InChI is InChI=1S/C27H33N3O8.C12H26O4S/c1-26(37)13-7-6-8-16(31)17(13)21(32)18-14(26)11-15-20(29(2)3)22(33)19(24(35)27(15,38)23(18)34)25(36)28-12-30-9-4-5-10-30;1-2-3-4-5-6-7-8-9-10-11-12-16-17(13,14)15/h6-8,14-15,20,31,33-34,37-38H,4-5,9-12H2,1-3H3,(H,28,36);2-12H2,1H3,(H,13,14,15)/t14-,15+,20-,26+,27-;/m0./s1. The first-order valence-electron chi connectivity index (χ1n) is 19.4. The fourth-order valence-electron chi connectivity index (χ4n) is 8.46. The molecule has 308 valence electrons. The number of likely N-dealkylation sites (tertiary alicyclic amines) is 1. The lowest BCUT2D eigenvalue weighted by Gasteiger charge is -2.52. The zero-order valence-corrected chi connectivity index (χ0v) is 33.2. The van der Waals surface area contributed by atoms with Crippen LogP contribution in [0.15, 0.2) is 40.9 Å². The maximum absolute atomic E-state index is 13.8. The number of likely N-dealkylation sites (N-methyl/N-ethyl adjacent to an activating group) is 1. The SMILES string of the molecule is CCCCCCCCCCCCOS(=O)(=O)O.CN(C)[C@@H]1C(O)=C(C(=O)NCN2CCCC2)C(=O)[C@@]2(O)C(O)=C3C(=O)c4c(O)cccc4[C@@](C)(O)[C@H]3C[C@H]12.